The Morgan fingerprint density at radius 3 is 1.22 bits per heavy atom. The fraction of sp³-hybridized carbons (Fsp3) is 0.122. The number of fused-ring (bicyclic) bond motifs is 3. The van der Waals surface area contributed by atoms with Crippen molar-refractivity contribution in [2.75, 3.05) is 11.5 Å². The highest BCUT2D eigenvalue weighted by Crippen LogP contribution is 2.57. The van der Waals surface area contributed by atoms with Crippen molar-refractivity contribution in [1.82, 2.24) is 0 Å². The number of anilines is 2. The quantitative estimate of drug-likeness (QED) is 0.134. The molecule has 0 unspecified atom stereocenters. The number of ether oxygens (including phenoxy) is 2. The summed E-state index contributed by atoms with van der Waals surface area (Å²) in [5, 5.41) is 0. The topological polar surface area (TPSA) is 70.5 Å². The van der Waals surface area contributed by atoms with Gasteiger partial charge in [0.05, 0.1) is 5.41 Å². The maximum atomic E-state index is 13.9. The highest BCUT2D eigenvalue weighted by atomic mass is 19.4. The molecule has 0 heterocycles. The molecule has 0 aromatic heterocycles. The number of alkyl halides is 6. The van der Waals surface area contributed by atoms with Crippen LogP contribution in [0.1, 0.15) is 44.5 Å². The van der Waals surface area contributed by atoms with E-state index in [2.05, 4.69) is 0 Å². The molecule has 1 aliphatic rings. The molecule has 7 rings (SSSR count). The molecule has 1 aliphatic carbocycles. The maximum Gasteiger partial charge on any atom is 0.420 e. The van der Waals surface area contributed by atoms with Gasteiger partial charge >= 0.3 is 12.4 Å². The Kier molecular flexibility index (Phi) is 8.00. The van der Waals surface area contributed by atoms with Crippen molar-refractivity contribution >= 4 is 11.4 Å². The lowest BCUT2D eigenvalue weighted by atomic mass is 9.67. The van der Waals surface area contributed by atoms with E-state index in [1.165, 1.54) is 24.3 Å². The molecule has 0 saturated carbocycles. The third kappa shape index (κ3) is 5.80. The standard InChI is InChI=1S/C41H30F6N2O2/c1-23-19-25(11-15-35(23)50-37-17-13-27(48)21-33(37)40(42,43)44)39(31-9-5-3-7-29(31)30-8-4-6-10-32(30)39)26-12-16-36(24(2)20-26)51-38-18-14-28(49)22-34(38)41(45,46)47/h3-22H,48-49H2,1-2H3. The largest absolute Gasteiger partial charge is 0.456 e. The fourth-order valence-corrected chi connectivity index (χ4v) is 6.97. The second-order valence-electron chi connectivity index (χ2n) is 12.5. The van der Waals surface area contributed by atoms with Crippen LogP contribution in [0.5, 0.6) is 23.0 Å². The van der Waals surface area contributed by atoms with Crippen LogP contribution in [0.4, 0.5) is 37.7 Å². The number of rotatable bonds is 6. The molecule has 6 aromatic rings. The normalized spacial score (nSPS) is 13.4. The van der Waals surface area contributed by atoms with E-state index in [4.69, 9.17) is 20.9 Å². The van der Waals surface area contributed by atoms with E-state index in [1.54, 1.807) is 26.0 Å². The van der Waals surface area contributed by atoms with Crippen molar-refractivity contribution in [2.24, 2.45) is 0 Å². The predicted molar refractivity (Wildman–Crippen MR) is 185 cm³/mol. The summed E-state index contributed by atoms with van der Waals surface area (Å²) >= 11 is 0. The molecule has 6 aromatic carbocycles. The van der Waals surface area contributed by atoms with E-state index in [0.717, 1.165) is 45.5 Å². The van der Waals surface area contributed by atoms with Gasteiger partial charge in [0.2, 0.25) is 0 Å². The Labute approximate surface area is 289 Å². The molecule has 0 aliphatic heterocycles. The van der Waals surface area contributed by atoms with Gasteiger partial charge in [0.1, 0.15) is 34.1 Å². The van der Waals surface area contributed by atoms with Crippen LogP contribution in [0.2, 0.25) is 0 Å². The molecule has 0 fully saturated rings. The van der Waals surface area contributed by atoms with E-state index in [-0.39, 0.29) is 34.4 Å². The molecule has 0 amide bonds. The number of hydrogen-bond acceptors (Lipinski definition) is 4. The van der Waals surface area contributed by atoms with Crippen molar-refractivity contribution in [1.29, 1.82) is 0 Å². The van der Waals surface area contributed by atoms with Gasteiger partial charge in [-0.1, -0.05) is 72.8 Å². The van der Waals surface area contributed by atoms with Gasteiger partial charge in [0, 0.05) is 11.4 Å². The Balaban J connectivity index is 1.38. The van der Waals surface area contributed by atoms with Crippen LogP contribution in [0.3, 0.4) is 0 Å². The second kappa shape index (κ2) is 12.2. The smallest absolute Gasteiger partial charge is 0.420 e. The van der Waals surface area contributed by atoms with Crippen LogP contribution in [-0.2, 0) is 17.8 Å². The number of halogens is 6. The summed E-state index contributed by atoms with van der Waals surface area (Å²) in [6, 6.07) is 33.4. The summed E-state index contributed by atoms with van der Waals surface area (Å²) in [5.74, 6) is -0.292. The molecular weight excluding hydrogens is 666 g/mol. The Hall–Kier alpha value is -5.90. The molecular formula is C41H30F6N2O2. The zero-order valence-corrected chi connectivity index (χ0v) is 27.3. The van der Waals surface area contributed by atoms with Crippen LogP contribution < -0.4 is 20.9 Å². The van der Waals surface area contributed by atoms with Crippen molar-refractivity contribution in [3.05, 3.63) is 166 Å². The lowest BCUT2D eigenvalue weighted by Crippen LogP contribution is -2.29. The molecule has 0 radical (unpaired) electrons. The van der Waals surface area contributed by atoms with Crippen LogP contribution in [0.25, 0.3) is 11.1 Å². The number of benzene rings is 6. The molecule has 4 N–H and O–H groups in total. The van der Waals surface area contributed by atoms with Gasteiger partial charge in [0.15, 0.2) is 0 Å². The monoisotopic (exact) mass is 696 g/mol. The maximum absolute atomic E-state index is 13.9. The van der Waals surface area contributed by atoms with E-state index < -0.39 is 28.9 Å². The molecule has 51 heavy (non-hydrogen) atoms. The lowest BCUT2D eigenvalue weighted by molar-refractivity contribution is -0.139. The zero-order valence-electron chi connectivity index (χ0n) is 27.3. The van der Waals surface area contributed by atoms with Gasteiger partial charge in [-0.15, -0.1) is 0 Å². The SMILES string of the molecule is Cc1cc(C2(c3ccc(Oc4ccc(N)cc4C(F)(F)F)c(C)c3)c3ccccc3-c3ccccc32)ccc1Oc1ccc(N)cc1C(F)(F)F. The number of nitrogen functional groups attached to an aromatic ring is 2. The summed E-state index contributed by atoms with van der Waals surface area (Å²) < 4.78 is 95.1. The average Bonchev–Trinajstić information content (AvgIpc) is 3.38. The van der Waals surface area contributed by atoms with Crippen LogP contribution in [-0.4, -0.2) is 0 Å². The van der Waals surface area contributed by atoms with Gasteiger partial charge in [-0.25, -0.2) is 0 Å². The number of aryl methyl sites for hydroxylation is 2. The first-order valence-corrected chi connectivity index (χ1v) is 15.9. The Morgan fingerprint density at radius 1 is 0.471 bits per heavy atom. The first-order chi connectivity index (χ1) is 24.2. The molecule has 10 heteroatoms. The van der Waals surface area contributed by atoms with Gasteiger partial charge in [-0.3, -0.25) is 0 Å². The summed E-state index contributed by atoms with van der Waals surface area (Å²) in [6.07, 6.45) is -9.37. The van der Waals surface area contributed by atoms with Gasteiger partial charge in [-0.2, -0.15) is 26.3 Å². The van der Waals surface area contributed by atoms with Gasteiger partial charge < -0.3 is 20.9 Å². The predicted octanol–water partition coefficient (Wildman–Crippen LogP) is 11.5. The van der Waals surface area contributed by atoms with E-state index >= 15 is 0 Å². The highest BCUT2D eigenvalue weighted by molar-refractivity contribution is 5.86. The second-order valence-corrected chi connectivity index (χ2v) is 12.5. The Morgan fingerprint density at radius 2 is 0.843 bits per heavy atom. The Bertz CT molecular complexity index is 2150. The van der Waals surface area contributed by atoms with Gasteiger partial charge in [0.25, 0.3) is 0 Å². The molecule has 0 bridgehead atoms. The van der Waals surface area contributed by atoms with E-state index in [9.17, 15) is 26.3 Å². The minimum absolute atomic E-state index is 0.0387. The minimum Gasteiger partial charge on any atom is -0.456 e. The third-order valence-corrected chi connectivity index (χ3v) is 9.23. The summed E-state index contributed by atoms with van der Waals surface area (Å²) in [6.45, 7) is 3.52. The molecule has 0 atom stereocenters. The van der Waals surface area contributed by atoms with Gasteiger partial charge in [-0.05, 0) is 107 Å². The summed E-state index contributed by atoms with van der Waals surface area (Å²) in [7, 11) is 0. The molecule has 0 saturated heterocycles. The number of hydrogen-bond donors (Lipinski definition) is 2. The number of nitrogens with two attached hydrogens (primary N) is 2. The fourth-order valence-electron chi connectivity index (χ4n) is 6.97. The van der Waals surface area contributed by atoms with Crippen LogP contribution >= 0.6 is 0 Å². The molecule has 4 nitrogen and oxygen atoms in total. The van der Waals surface area contributed by atoms with Crippen LogP contribution in [0, 0.1) is 13.8 Å². The zero-order chi connectivity index (χ0) is 36.3. The van der Waals surface area contributed by atoms with Crippen molar-refractivity contribution in [2.45, 2.75) is 31.6 Å². The molecule has 0 spiro atoms. The first kappa shape index (κ1) is 33.6. The van der Waals surface area contributed by atoms with Crippen LogP contribution in [0.15, 0.2) is 121 Å². The highest BCUT2D eigenvalue weighted by Gasteiger charge is 2.46. The van der Waals surface area contributed by atoms with E-state index in [0.29, 0.717) is 11.1 Å². The van der Waals surface area contributed by atoms with Crippen molar-refractivity contribution in [3.63, 3.8) is 0 Å². The average molecular weight is 697 g/mol. The lowest BCUT2D eigenvalue weighted by Gasteiger charge is -2.34. The van der Waals surface area contributed by atoms with E-state index in [1.807, 2.05) is 72.8 Å². The van der Waals surface area contributed by atoms with Crippen molar-refractivity contribution in [3.8, 4) is 34.1 Å². The minimum atomic E-state index is -4.68. The van der Waals surface area contributed by atoms with Crippen molar-refractivity contribution < 1.29 is 35.8 Å². The molecule has 258 valence electrons. The first-order valence-electron chi connectivity index (χ1n) is 15.9. The summed E-state index contributed by atoms with van der Waals surface area (Å²) in [4.78, 5) is 0. The third-order valence-electron chi connectivity index (χ3n) is 9.23. The summed E-state index contributed by atoms with van der Waals surface area (Å²) in [5.41, 5.74) is 15.0.